The van der Waals surface area contributed by atoms with E-state index in [0.29, 0.717) is 6.04 Å². The molecule has 1 aliphatic heterocycles. The molecule has 0 radical (unpaired) electrons. The van der Waals surface area contributed by atoms with Crippen molar-refractivity contribution in [3.63, 3.8) is 0 Å². The smallest absolute Gasteiger partial charge is 0.238 e. The standard InChI is InChI=1S/C11H23N3O2/c1-7-6-16-8(2)5-14(7)10(4)9(3)11(15)13-12/h7-10H,5-6,12H2,1-4H3,(H,13,15). The fraction of sp³-hybridized carbons (Fsp3) is 0.909. The van der Waals surface area contributed by atoms with Crippen LogP contribution >= 0.6 is 0 Å². The van der Waals surface area contributed by atoms with Crippen LogP contribution in [0.1, 0.15) is 27.7 Å². The van der Waals surface area contributed by atoms with E-state index in [4.69, 9.17) is 10.6 Å². The topological polar surface area (TPSA) is 67.6 Å². The number of nitrogens with zero attached hydrogens (tertiary/aromatic N) is 1. The molecule has 0 aromatic carbocycles. The zero-order chi connectivity index (χ0) is 12.3. The molecule has 0 spiro atoms. The number of amides is 1. The average molecular weight is 229 g/mol. The van der Waals surface area contributed by atoms with Crippen LogP contribution in [-0.4, -0.2) is 42.1 Å². The van der Waals surface area contributed by atoms with Crippen molar-refractivity contribution < 1.29 is 9.53 Å². The number of nitrogens with one attached hydrogen (secondary N) is 1. The van der Waals surface area contributed by atoms with Crippen molar-refractivity contribution >= 4 is 5.91 Å². The molecule has 4 unspecified atom stereocenters. The Bertz CT molecular complexity index is 247. The quantitative estimate of drug-likeness (QED) is 0.409. The van der Waals surface area contributed by atoms with Gasteiger partial charge in [0.2, 0.25) is 5.91 Å². The Morgan fingerprint density at radius 2 is 2.12 bits per heavy atom. The maximum Gasteiger partial charge on any atom is 0.238 e. The van der Waals surface area contributed by atoms with Crippen LogP contribution in [-0.2, 0) is 9.53 Å². The third-order valence-electron chi connectivity index (χ3n) is 3.46. The lowest BCUT2D eigenvalue weighted by atomic mass is 9.98. The second-order valence-electron chi connectivity index (χ2n) is 4.73. The molecule has 1 rings (SSSR count). The maximum absolute atomic E-state index is 11.5. The molecule has 5 heteroatoms. The van der Waals surface area contributed by atoms with E-state index in [1.807, 2.05) is 6.92 Å². The second-order valence-corrected chi connectivity index (χ2v) is 4.73. The Hall–Kier alpha value is -0.650. The Kier molecular flexibility index (Phi) is 4.70. The van der Waals surface area contributed by atoms with Crippen LogP contribution in [0.15, 0.2) is 0 Å². The molecule has 4 atom stereocenters. The zero-order valence-corrected chi connectivity index (χ0v) is 10.6. The molecule has 1 saturated heterocycles. The van der Waals surface area contributed by atoms with Crippen LogP contribution in [0.4, 0.5) is 0 Å². The third-order valence-corrected chi connectivity index (χ3v) is 3.46. The van der Waals surface area contributed by atoms with Gasteiger partial charge in [-0.1, -0.05) is 6.92 Å². The minimum atomic E-state index is -0.113. The first-order chi connectivity index (χ1) is 7.47. The monoisotopic (exact) mass is 229 g/mol. The van der Waals surface area contributed by atoms with Crippen LogP contribution in [0, 0.1) is 5.92 Å². The number of hydrogen-bond donors (Lipinski definition) is 2. The summed E-state index contributed by atoms with van der Waals surface area (Å²) < 4.78 is 5.57. The number of ether oxygens (including phenoxy) is 1. The van der Waals surface area contributed by atoms with E-state index in [2.05, 4.69) is 31.1 Å². The molecule has 5 nitrogen and oxygen atoms in total. The van der Waals surface area contributed by atoms with Crippen LogP contribution in [0.2, 0.25) is 0 Å². The van der Waals surface area contributed by atoms with Crippen molar-refractivity contribution in [2.24, 2.45) is 11.8 Å². The molecule has 1 amide bonds. The largest absolute Gasteiger partial charge is 0.376 e. The second kappa shape index (κ2) is 5.61. The molecule has 16 heavy (non-hydrogen) atoms. The van der Waals surface area contributed by atoms with E-state index >= 15 is 0 Å². The summed E-state index contributed by atoms with van der Waals surface area (Å²) in [5.41, 5.74) is 2.21. The van der Waals surface area contributed by atoms with E-state index in [9.17, 15) is 4.79 Å². The number of rotatable bonds is 3. The summed E-state index contributed by atoms with van der Waals surface area (Å²) in [7, 11) is 0. The van der Waals surface area contributed by atoms with Gasteiger partial charge in [0.1, 0.15) is 0 Å². The average Bonchev–Trinajstić information content (AvgIpc) is 2.29. The van der Waals surface area contributed by atoms with Gasteiger partial charge < -0.3 is 4.74 Å². The van der Waals surface area contributed by atoms with Crippen molar-refractivity contribution in [1.29, 1.82) is 0 Å². The van der Waals surface area contributed by atoms with Crippen LogP contribution < -0.4 is 11.3 Å². The lowest BCUT2D eigenvalue weighted by Gasteiger charge is -2.42. The molecule has 0 aromatic heterocycles. The number of hydrogen-bond acceptors (Lipinski definition) is 4. The fourth-order valence-electron chi connectivity index (χ4n) is 2.13. The van der Waals surface area contributed by atoms with Crippen LogP contribution in [0.5, 0.6) is 0 Å². The molecule has 1 fully saturated rings. The number of morpholine rings is 1. The minimum Gasteiger partial charge on any atom is -0.376 e. The van der Waals surface area contributed by atoms with Crippen molar-refractivity contribution in [3.05, 3.63) is 0 Å². The molecule has 0 bridgehead atoms. The normalized spacial score (nSPS) is 30.8. The van der Waals surface area contributed by atoms with E-state index in [1.165, 1.54) is 0 Å². The predicted octanol–water partition coefficient (Wildman–Crippen LogP) is 0.110. The van der Waals surface area contributed by atoms with Crippen LogP contribution in [0.25, 0.3) is 0 Å². The van der Waals surface area contributed by atoms with Crippen molar-refractivity contribution in [2.45, 2.75) is 45.9 Å². The Balaban J connectivity index is 2.63. The van der Waals surface area contributed by atoms with Gasteiger partial charge in [0, 0.05) is 18.6 Å². The Labute approximate surface area is 97.3 Å². The fourth-order valence-corrected chi connectivity index (χ4v) is 2.13. The minimum absolute atomic E-state index is 0.112. The summed E-state index contributed by atoms with van der Waals surface area (Å²) in [5, 5.41) is 0. The van der Waals surface area contributed by atoms with E-state index in [1.54, 1.807) is 0 Å². The highest BCUT2D eigenvalue weighted by molar-refractivity contribution is 5.78. The first-order valence-electron chi connectivity index (χ1n) is 5.85. The Morgan fingerprint density at radius 1 is 1.50 bits per heavy atom. The van der Waals surface area contributed by atoms with Gasteiger partial charge in [-0.2, -0.15) is 0 Å². The molecule has 3 N–H and O–H groups in total. The van der Waals surface area contributed by atoms with Crippen molar-refractivity contribution in [3.8, 4) is 0 Å². The maximum atomic E-state index is 11.5. The zero-order valence-electron chi connectivity index (χ0n) is 10.6. The molecular weight excluding hydrogens is 206 g/mol. The summed E-state index contributed by atoms with van der Waals surface area (Å²) >= 11 is 0. The highest BCUT2D eigenvalue weighted by atomic mass is 16.5. The highest BCUT2D eigenvalue weighted by Crippen LogP contribution is 2.19. The first-order valence-corrected chi connectivity index (χ1v) is 5.85. The molecule has 94 valence electrons. The first kappa shape index (κ1) is 13.4. The van der Waals surface area contributed by atoms with Gasteiger partial charge in [0.15, 0.2) is 0 Å². The summed E-state index contributed by atoms with van der Waals surface area (Å²) in [6.45, 7) is 9.73. The Morgan fingerprint density at radius 3 is 2.69 bits per heavy atom. The SMILES string of the molecule is CC1CN(C(C)C(C)C(=O)NN)C(C)CO1. The molecule has 1 heterocycles. The van der Waals surface area contributed by atoms with Crippen molar-refractivity contribution in [2.75, 3.05) is 13.2 Å². The molecule has 0 aliphatic carbocycles. The molecule has 0 aromatic rings. The van der Waals surface area contributed by atoms with Gasteiger partial charge in [0.05, 0.1) is 18.6 Å². The summed E-state index contributed by atoms with van der Waals surface area (Å²) in [5.74, 6) is 4.93. The molecule has 0 saturated carbocycles. The van der Waals surface area contributed by atoms with E-state index in [-0.39, 0.29) is 24.0 Å². The molecular formula is C11H23N3O2. The lowest BCUT2D eigenvalue weighted by molar-refractivity contribution is -0.129. The number of nitrogens with two attached hydrogens (primary N) is 1. The van der Waals surface area contributed by atoms with E-state index < -0.39 is 0 Å². The summed E-state index contributed by atoms with van der Waals surface area (Å²) in [4.78, 5) is 13.8. The highest BCUT2D eigenvalue weighted by Gasteiger charge is 2.32. The van der Waals surface area contributed by atoms with Gasteiger partial charge >= 0.3 is 0 Å². The van der Waals surface area contributed by atoms with E-state index in [0.717, 1.165) is 13.2 Å². The summed E-state index contributed by atoms with van der Waals surface area (Å²) in [6.07, 6.45) is 0.229. The van der Waals surface area contributed by atoms with Gasteiger partial charge in [-0.25, -0.2) is 5.84 Å². The number of carbonyl (C=O) groups excluding carboxylic acids is 1. The van der Waals surface area contributed by atoms with Gasteiger partial charge in [-0.05, 0) is 20.8 Å². The van der Waals surface area contributed by atoms with Gasteiger partial charge in [-0.3, -0.25) is 15.1 Å². The summed E-state index contributed by atoms with van der Waals surface area (Å²) in [6, 6.07) is 0.518. The number of carbonyl (C=O) groups is 1. The lowest BCUT2D eigenvalue weighted by Crippen LogP contribution is -2.55. The van der Waals surface area contributed by atoms with Crippen LogP contribution in [0.3, 0.4) is 0 Å². The number of hydrazine groups is 1. The van der Waals surface area contributed by atoms with Gasteiger partial charge in [-0.15, -0.1) is 0 Å². The molecule has 1 aliphatic rings. The third kappa shape index (κ3) is 2.93. The van der Waals surface area contributed by atoms with Gasteiger partial charge in [0.25, 0.3) is 0 Å². The predicted molar refractivity (Wildman–Crippen MR) is 62.5 cm³/mol. The van der Waals surface area contributed by atoms with Crippen molar-refractivity contribution in [1.82, 2.24) is 10.3 Å².